The summed E-state index contributed by atoms with van der Waals surface area (Å²) in [5.74, 6) is 0.724. The molecule has 0 aliphatic heterocycles. The molecule has 100 valence electrons. The molecule has 3 nitrogen and oxygen atoms in total. The van der Waals surface area contributed by atoms with Crippen LogP contribution in [0.5, 0.6) is 5.75 Å². The minimum absolute atomic E-state index is 0.0465. The fraction of sp³-hybridized carbons (Fsp3) is 0.333. The number of aryl methyl sites for hydroxylation is 2. The zero-order valence-corrected chi connectivity index (χ0v) is 12.4. The van der Waals surface area contributed by atoms with Gasteiger partial charge in [-0.3, -0.25) is 4.79 Å². The Morgan fingerprint density at radius 1 is 1.32 bits per heavy atom. The SMILES string of the molecule is COc1c(C(=O)Cc2csc(C)n2)ccc(C)c1C. The van der Waals surface area contributed by atoms with Crippen LogP contribution in [0.1, 0.15) is 32.2 Å². The first-order chi connectivity index (χ1) is 9.02. The lowest BCUT2D eigenvalue weighted by molar-refractivity contribution is 0.0989. The lowest BCUT2D eigenvalue weighted by Crippen LogP contribution is -2.07. The third kappa shape index (κ3) is 2.84. The standard InChI is InChI=1S/C15H17NO2S/c1-9-5-6-13(15(18-4)10(9)2)14(17)7-12-8-19-11(3)16-12/h5-6,8H,7H2,1-4H3. The van der Waals surface area contributed by atoms with Crippen molar-refractivity contribution in [3.05, 3.63) is 44.9 Å². The number of aromatic nitrogens is 1. The van der Waals surface area contributed by atoms with Gasteiger partial charge >= 0.3 is 0 Å². The summed E-state index contributed by atoms with van der Waals surface area (Å²) in [4.78, 5) is 16.7. The number of rotatable bonds is 4. The second-order valence-electron chi connectivity index (χ2n) is 4.55. The molecule has 0 saturated carbocycles. The van der Waals surface area contributed by atoms with Crippen LogP contribution in [0, 0.1) is 20.8 Å². The van der Waals surface area contributed by atoms with E-state index >= 15 is 0 Å². The third-order valence-electron chi connectivity index (χ3n) is 3.19. The number of ketones is 1. The fourth-order valence-electron chi connectivity index (χ4n) is 2.02. The number of ether oxygens (including phenoxy) is 1. The van der Waals surface area contributed by atoms with Gasteiger partial charge in [-0.15, -0.1) is 11.3 Å². The van der Waals surface area contributed by atoms with E-state index < -0.39 is 0 Å². The molecule has 0 unspecified atom stereocenters. The zero-order chi connectivity index (χ0) is 14.0. The second kappa shape index (κ2) is 5.53. The molecule has 0 spiro atoms. The van der Waals surface area contributed by atoms with Crippen LogP contribution in [-0.4, -0.2) is 17.9 Å². The summed E-state index contributed by atoms with van der Waals surface area (Å²) in [6.45, 7) is 5.92. The molecule has 19 heavy (non-hydrogen) atoms. The minimum Gasteiger partial charge on any atom is -0.496 e. The van der Waals surface area contributed by atoms with E-state index in [2.05, 4.69) is 4.98 Å². The summed E-state index contributed by atoms with van der Waals surface area (Å²) < 4.78 is 5.38. The van der Waals surface area contributed by atoms with Gasteiger partial charge in [0.2, 0.25) is 0 Å². The van der Waals surface area contributed by atoms with E-state index in [1.54, 1.807) is 18.4 Å². The Morgan fingerprint density at radius 3 is 2.63 bits per heavy atom. The van der Waals surface area contributed by atoms with Crippen molar-refractivity contribution in [3.63, 3.8) is 0 Å². The molecule has 1 aromatic carbocycles. The highest BCUT2D eigenvalue weighted by Gasteiger charge is 2.16. The topological polar surface area (TPSA) is 39.2 Å². The molecule has 0 amide bonds. The highest BCUT2D eigenvalue weighted by molar-refractivity contribution is 7.09. The average molecular weight is 275 g/mol. The molecule has 0 aliphatic rings. The van der Waals surface area contributed by atoms with Gasteiger partial charge in [-0.2, -0.15) is 0 Å². The average Bonchev–Trinajstić information content (AvgIpc) is 2.77. The van der Waals surface area contributed by atoms with E-state index in [-0.39, 0.29) is 5.78 Å². The van der Waals surface area contributed by atoms with Crippen LogP contribution in [0.2, 0.25) is 0 Å². The lowest BCUT2D eigenvalue weighted by Gasteiger charge is -2.12. The van der Waals surface area contributed by atoms with Crippen LogP contribution < -0.4 is 4.74 Å². The Bertz CT molecular complexity index is 617. The van der Waals surface area contributed by atoms with E-state index in [1.165, 1.54) is 0 Å². The molecule has 2 aromatic rings. The summed E-state index contributed by atoms with van der Waals surface area (Å²) in [6, 6.07) is 3.79. The smallest absolute Gasteiger partial charge is 0.172 e. The van der Waals surface area contributed by atoms with Crippen LogP contribution >= 0.6 is 11.3 Å². The second-order valence-corrected chi connectivity index (χ2v) is 5.61. The van der Waals surface area contributed by atoms with Gasteiger partial charge in [-0.25, -0.2) is 4.98 Å². The first-order valence-electron chi connectivity index (χ1n) is 6.11. The molecular formula is C15H17NO2S. The normalized spacial score (nSPS) is 10.5. The minimum atomic E-state index is 0.0465. The van der Waals surface area contributed by atoms with Crippen molar-refractivity contribution in [2.24, 2.45) is 0 Å². The number of Topliss-reactive ketones (excluding diaryl/α,β-unsaturated/α-hetero) is 1. The predicted octanol–water partition coefficient (Wildman–Crippen LogP) is 3.50. The number of hydrogen-bond acceptors (Lipinski definition) is 4. The molecule has 0 aliphatic carbocycles. The van der Waals surface area contributed by atoms with Crippen LogP contribution in [-0.2, 0) is 6.42 Å². The molecule has 0 atom stereocenters. The highest BCUT2D eigenvalue weighted by atomic mass is 32.1. The molecule has 0 saturated heterocycles. The Kier molecular flexibility index (Phi) is 4.00. The molecule has 1 aromatic heterocycles. The number of benzene rings is 1. The Balaban J connectivity index is 2.31. The maximum absolute atomic E-state index is 12.4. The molecular weight excluding hydrogens is 258 g/mol. The molecule has 0 radical (unpaired) electrons. The number of nitrogens with zero attached hydrogens (tertiary/aromatic N) is 1. The van der Waals surface area contributed by atoms with Gasteiger partial charge in [0.15, 0.2) is 5.78 Å². The Hall–Kier alpha value is -1.68. The molecule has 1 heterocycles. The van der Waals surface area contributed by atoms with Gasteiger partial charge in [0.05, 0.1) is 29.8 Å². The van der Waals surface area contributed by atoms with Crippen LogP contribution in [0.15, 0.2) is 17.5 Å². The maximum Gasteiger partial charge on any atom is 0.172 e. The van der Waals surface area contributed by atoms with Crippen molar-refractivity contribution in [3.8, 4) is 5.75 Å². The Labute approximate surface area is 117 Å². The van der Waals surface area contributed by atoms with Crippen molar-refractivity contribution in [2.45, 2.75) is 27.2 Å². The van der Waals surface area contributed by atoms with Crippen molar-refractivity contribution < 1.29 is 9.53 Å². The van der Waals surface area contributed by atoms with E-state index in [0.29, 0.717) is 17.7 Å². The molecule has 2 rings (SSSR count). The maximum atomic E-state index is 12.4. The quantitative estimate of drug-likeness (QED) is 0.802. The lowest BCUT2D eigenvalue weighted by atomic mass is 9.99. The summed E-state index contributed by atoms with van der Waals surface area (Å²) in [6.07, 6.45) is 0.323. The van der Waals surface area contributed by atoms with Crippen molar-refractivity contribution >= 4 is 17.1 Å². The number of carbonyl (C=O) groups is 1. The molecule has 4 heteroatoms. The summed E-state index contributed by atoms with van der Waals surface area (Å²) >= 11 is 1.56. The first-order valence-corrected chi connectivity index (χ1v) is 6.99. The highest BCUT2D eigenvalue weighted by Crippen LogP contribution is 2.27. The van der Waals surface area contributed by atoms with Gasteiger partial charge in [0.1, 0.15) is 5.75 Å². The van der Waals surface area contributed by atoms with E-state index in [9.17, 15) is 4.79 Å². The van der Waals surface area contributed by atoms with Crippen molar-refractivity contribution in [2.75, 3.05) is 7.11 Å². The number of thiazole rings is 1. The van der Waals surface area contributed by atoms with Gasteiger partial charge in [0, 0.05) is 5.38 Å². The van der Waals surface area contributed by atoms with Gasteiger partial charge in [0.25, 0.3) is 0 Å². The summed E-state index contributed by atoms with van der Waals surface area (Å²) in [5, 5.41) is 2.91. The van der Waals surface area contributed by atoms with E-state index in [0.717, 1.165) is 21.8 Å². The number of carbonyl (C=O) groups excluding carboxylic acids is 1. The monoisotopic (exact) mass is 275 g/mol. The number of hydrogen-bond donors (Lipinski definition) is 0. The largest absolute Gasteiger partial charge is 0.496 e. The molecule has 0 N–H and O–H groups in total. The zero-order valence-electron chi connectivity index (χ0n) is 11.6. The fourth-order valence-corrected chi connectivity index (χ4v) is 2.63. The van der Waals surface area contributed by atoms with Gasteiger partial charge in [-0.05, 0) is 38.0 Å². The molecule has 0 fully saturated rings. The van der Waals surface area contributed by atoms with Crippen molar-refractivity contribution in [1.82, 2.24) is 4.98 Å². The van der Waals surface area contributed by atoms with Gasteiger partial charge < -0.3 is 4.74 Å². The first kappa shape index (κ1) is 13.7. The van der Waals surface area contributed by atoms with Gasteiger partial charge in [-0.1, -0.05) is 6.07 Å². The van der Waals surface area contributed by atoms with E-state index in [4.69, 9.17) is 4.74 Å². The van der Waals surface area contributed by atoms with Crippen LogP contribution in [0.4, 0.5) is 0 Å². The summed E-state index contributed by atoms with van der Waals surface area (Å²) in [7, 11) is 1.60. The third-order valence-corrected chi connectivity index (χ3v) is 4.01. The molecule has 0 bridgehead atoms. The Morgan fingerprint density at radius 2 is 2.05 bits per heavy atom. The number of methoxy groups -OCH3 is 1. The predicted molar refractivity (Wildman–Crippen MR) is 77.4 cm³/mol. The van der Waals surface area contributed by atoms with Crippen molar-refractivity contribution in [1.29, 1.82) is 0 Å². The summed E-state index contributed by atoms with van der Waals surface area (Å²) in [5.41, 5.74) is 3.60. The van der Waals surface area contributed by atoms with Crippen LogP contribution in [0.3, 0.4) is 0 Å². The van der Waals surface area contributed by atoms with E-state index in [1.807, 2.05) is 38.3 Å². The van der Waals surface area contributed by atoms with Crippen LogP contribution in [0.25, 0.3) is 0 Å².